The van der Waals surface area contributed by atoms with Gasteiger partial charge in [0.2, 0.25) is 17.7 Å². The number of aromatic hydroxyl groups is 1. The van der Waals surface area contributed by atoms with Gasteiger partial charge < -0.3 is 52.5 Å². The quantitative estimate of drug-likeness (QED) is 0.0709. The number of aliphatic hydroxyl groups is 1. The lowest BCUT2D eigenvalue weighted by molar-refractivity contribution is -0.145. The Balaban J connectivity index is 0.967. The number of aliphatic hydroxyl groups excluding tert-OH is 1. The number of hydrogen-bond donors (Lipinski definition) is 9. The standard InChI is InChI=1S/C59H52N14O11S5/c1-26-17-45(76)73-47(26)57-72-43(25-89-57)56-68-39(21-85-56)46-32(13-14-35(64-46)53-69-40(22-86-53)50(79)61-27(2)48(77)62-28(3)59(83)84)33-15-16-34(63-33)49(78)66-37(20-44(60)75)55-71-41(23-88-55)51(80)65-36(18-29-7-5-4-6-8-29)54-70-42(24-87-54)52(81)67-38(58(73)82)19-30-9-11-31(74)12-10-30/h4-14,16,21-23,25-26,36-38,42,45,47,74,76H,2-3,15,17-20,24H2,1H3,(H2,60,75)(H,61,79)(H,62,77)(H,65,80)(H,66,78)(H,67,81)(H,83,84)/t26-,36-,37-,38-,42?,45?,47?/m0/s1. The molecule has 30 heteroatoms. The van der Waals surface area contributed by atoms with Crippen molar-refractivity contribution < 1.29 is 53.7 Å². The number of carboxylic acids is 1. The van der Waals surface area contributed by atoms with Crippen LogP contribution in [0.4, 0.5) is 0 Å². The number of thiazole rings is 4. The average molecular weight is 1290 g/mol. The Morgan fingerprint density at radius 1 is 0.730 bits per heavy atom. The highest BCUT2D eigenvalue weighted by molar-refractivity contribution is 8.14. The van der Waals surface area contributed by atoms with Crippen molar-refractivity contribution in [2.24, 2.45) is 21.6 Å². The van der Waals surface area contributed by atoms with Crippen LogP contribution in [0.15, 0.2) is 135 Å². The molecule has 25 nitrogen and oxygen atoms in total. The lowest BCUT2D eigenvalue weighted by Gasteiger charge is -2.32. The number of nitrogens with zero attached hydrogens (tertiary/aromatic N) is 8. The van der Waals surface area contributed by atoms with Crippen LogP contribution >= 0.6 is 57.1 Å². The van der Waals surface area contributed by atoms with Crippen LogP contribution in [0.5, 0.6) is 5.75 Å². The minimum Gasteiger partial charge on any atom is -0.508 e. The predicted octanol–water partition coefficient (Wildman–Crippen LogP) is 5.21. The number of rotatable bonds is 12. The molecule has 4 aliphatic rings. The Kier molecular flexibility index (Phi) is 17.9. The summed E-state index contributed by atoms with van der Waals surface area (Å²) >= 11 is 5.86. The number of carbonyl (C=O) groups excluding carboxylic acids is 7. The number of hydrogen-bond acceptors (Lipinski definition) is 22. The maximum Gasteiger partial charge on any atom is 0.351 e. The summed E-state index contributed by atoms with van der Waals surface area (Å²) < 4.78 is 0. The number of pyridine rings is 1. The van der Waals surface area contributed by atoms with Gasteiger partial charge in [0.1, 0.15) is 78.3 Å². The van der Waals surface area contributed by atoms with E-state index < -0.39 is 95.2 Å². The zero-order valence-electron chi connectivity index (χ0n) is 46.7. The summed E-state index contributed by atoms with van der Waals surface area (Å²) in [4.78, 5) is 143. The Hall–Kier alpha value is -9.46. The second-order valence-corrected chi connectivity index (χ2v) is 25.4. The number of aliphatic imine (C=N–C) groups is 2. The molecule has 0 aliphatic carbocycles. The summed E-state index contributed by atoms with van der Waals surface area (Å²) in [6, 6.07) is 14.1. The molecular formula is C59H52N14O11S5. The van der Waals surface area contributed by atoms with Crippen LogP contribution in [0, 0.1) is 5.92 Å². The van der Waals surface area contributed by atoms with Crippen LogP contribution in [0.25, 0.3) is 32.8 Å². The maximum absolute atomic E-state index is 15.2. The van der Waals surface area contributed by atoms with E-state index in [1.54, 1.807) is 41.1 Å². The van der Waals surface area contributed by atoms with E-state index in [1.165, 1.54) is 62.2 Å². The topological polar surface area (TPSA) is 376 Å². The second kappa shape index (κ2) is 26.1. The van der Waals surface area contributed by atoms with Crippen LogP contribution in [-0.2, 0) is 41.6 Å². The smallest absolute Gasteiger partial charge is 0.351 e. The molecule has 3 unspecified atom stereocenters. The molecule has 89 heavy (non-hydrogen) atoms. The highest BCUT2D eigenvalue weighted by Crippen LogP contribution is 2.44. The molecule has 10 bridgehead atoms. The summed E-state index contributed by atoms with van der Waals surface area (Å²) in [6.07, 6.45) is 0.531. The summed E-state index contributed by atoms with van der Waals surface area (Å²) in [5.74, 6) is -6.65. The van der Waals surface area contributed by atoms with Gasteiger partial charge in [-0.2, -0.15) is 0 Å². The van der Waals surface area contributed by atoms with E-state index in [9.17, 15) is 43.8 Å². The number of carbonyl (C=O) groups is 8. The normalized spacial score (nSPS) is 21.0. The molecule has 1 fully saturated rings. The molecule has 5 aromatic heterocycles. The number of benzene rings is 2. The largest absolute Gasteiger partial charge is 0.508 e. The van der Waals surface area contributed by atoms with Gasteiger partial charge in [-0.3, -0.25) is 38.6 Å². The lowest BCUT2D eigenvalue weighted by atomic mass is 10.0. The molecule has 7 amide bonds. The van der Waals surface area contributed by atoms with Crippen LogP contribution in [0.1, 0.15) is 86.0 Å². The Morgan fingerprint density at radius 2 is 1.42 bits per heavy atom. The maximum atomic E-state index is 15.2. The van der Waals surface area contributed by atoms with Gasteiger partial charge in [0.15, 0.2) is 0 Å². The zero-order valence-corrected chi connectivity index (χ0v) is 50.8. The van der Waals surface area contributed by atoms with Crippen molar-refractivity contribution >= 4 is 115 Å². The number of nitrogens with one attached hydrogen (secondary N) is 5. The van der Waals surface area contributed by atoms with Crippen LogP contribution in [-0.4, -0.2) is 133 Å². The van der Waals surface area contributed by atoms with Crippen molar-refractivity contribution in [3.63, 3.8) is 0 Å². The van der Waals surface area contributed by atoms with E-state index in [2.05, 4.69) is 44.4 Å². The first-order chi connectivity index (χ1) is 42.7. The van der Waals surface area contributed by atoms with E-state index in [1.807, 2.05) is 42.6 Å². The first kappa shape index (κ1) is 61.2. The number of aromatic nitrogens is 5. The van der Waals surface area contributed by atoms with E-state index in [4.69, 9.17) is 35.8 Å². The van der Waals surface area contributed by atoms with Crippen molar-refractivity contribution in [1.29, 1.82) is 0 Å². The summed E-state index contributed by atoms with van der Waals surface area (Å²) in [5.41, 5.74) is 8.16. The summed E-state index contributed by atoms with van der Waals surface area (Å²) in [6.45, 7) is 8.67. The molecule has 4 aliphatic heterocycles. The fraction of sp³-hybridized carbons (Fsp3) is 0.237. The number of phenolic OH excluding ortho intramolecular Hbond substituents is 1. The van der Waals surface area contributed by atoms with Gasteiger partial charge in [-0.05, 0) is 60.2 Å². The van der Waals surface area contributed by atoms with E-state index in [-0.39, 0.29) is 82.3 Å². The third-order valence-electron chi connectivity index (χ3n) is 14.6. The molecule has 9 heterocycles. The number of nitrogens with two attached hydrogens (primary N) is 1. The highest BCUT2D eigenvalue weighted by Gasteiger charge is 2.46. The first-order valence-electron chi connectivity index (χ1n) is 27.3. The number of phenols is 1. The van der Waals surface area contributed by atoms with Gasteiger partial charge in [0, 0.05) is 45.7 Å². The zero-order chi connectivity index (χ0) is 62.8. The molecule has 2 aromatic carbocycles. The Morgan fingerprint density at radius 3 is 2.18 bits per heavy atom. The van der Waals surface area contributed by atoms with Gasteiger partial charge in [0.05, 0.1) is 52.4 Å². The van der Waals surface area contributed by atoms with Crippen molar-refractivity contribution in [2.45, 2.75) is 75.5 Å². The summed E-state index contributed by atoms with van der Waals surface area (Å²) in [5, 5.41) is 52.5. The second-order valence-electron chi connectivity index (χ2n) is 20.9. The van der Waals surface area contributed by atoms with E-state index in [0.717, 1.165) is 28.2 Å². The molecule has 11 rings (SSSR count). The monoisotopic (exact) mass is 1290 g/mol. The molecule has 454 valence electrons. The van der Waals surface area contributed by atoms with Crippen molar-refractivity contribution in [1.82, 2.24) is 56.4 Å². The number of primary amides is 1. The van der Waals surface area contributed by atoms with Crippen molar-refractivity contribution in [3.8, 4) is 38.5 Å². The number of carboxylic acid groups (broad SMARTS) is 1. The van der Waals surface area contributed by atoms with Crippen molar-refractivity contribution in [2.75, 3.05) is 5.75 Å². The number of thioether (sulfide) groups is 1. The highest BCUT2D eigenvalue weighted by atomic mass is 32.2. The number of allylic oxidation sites excluding steroid dienone is 1. The number of fused-ring (bicyclic) bond motifs is 14. The van der Waals surface area contributed by atoms with Crippen LogP contribution < -0.4 is 32.3 Å². The minimum absolute atomic E-state index is 0.000812. The SMILES string of the molecule is C=C(NC(=O)C(=C)NC(=O)c1csc(-c2ccc3c(n2)-c2csc(n2)-c2csc(n2)C2[C@@H](C)CC(O)N2C(=O)[C@H](Cc2ccc(O)cc2)NC(=O)C2CSC(=N2)[C@H](Cc2ccccc2)NC(=O)c2csc(n2)[C@H](CC(N)=O)NC(=O)C2=CCC3=N2)n1)C(=O)O. The Bertz CT molecular complexity index is 4140. The molecule has 0 saturated carbocycles. The molecular weight excluding hydrogens is 1240 g/mol. The van der Waals surface area contributed by atoms with Gasteiger partial charge >= 0.3 is 5.97 Å². The summed E-state index contributed by atoms with van der Waals surface area (Å²) in [7, 11) is 0. The van der Waals surface area contributed by atoms with Gasteiger partial charge in [-0.1, -0.05) is 62.5 Å². The van der Waals surface area contributed by atoms with Crippen LogP contribution in [0.2, 0.25) is 0 Å². The Labute approximate surface area is 526 Å². The first-order valence-corrected chi connectivity index (χ1v) is 31.8. The van der Waals surface area contributed by atoms with Crippen LogP contribution in [0.3, 0.4) is 0 Å². The number of amides is 7. The third kappa shape index (κ3) is 13.7. The van der Waals surface area contributed by atoms with Gasteiger partial charge in [-0.25, -0.2) is 34.7 Å². The van der Waals surface area contributed by atoms with E-state index in [0.29, 0.717) is 49.0 Å². The van der Waals surface area contributed by atoms with E-state index >= 15 is 4.79 Å². The fourth-order valence-corrected chi connectivity index (χ4v) is 14.8. The average Bonchev–Trinajstić information content (AvgIpc) is 1.80. The van der Waals surface area contributed by atoms with Gasteiger partial charge in [0.25, 0.3) is 23.6 Å². The molecule has 10 N–H and O–H groups in total. The molecule has 7 aromatic rings. The lowest BCUT2D eigenvalue weighted by Crippen LogP contribution is -2.53. The molecule has 0 radical (unpaired) electrons. The minimum atomic E-state index is -1.48. The molecule has 7 atom stereocenters. The molecule has 0 spiro atoms. The number of aliphatic carboxylic acids is 1. The molecule has 1 saturated heterocycles. The van der Waals surface area contributed by atoms with Crippen molar-refractivity contribution in [3.05, 3.63) is 163 Å². The third-order valence-corrected chi connectivity index (χ3v) is 19.3. The fourth-order valence-electron chi connectivity index (χ4n) is 10.2. The van der Waals surface area contributed by atoms with Gasteiger partial charge in [-0.15, -0.1) is 57.1 Å². The predicted molar refractivity (Wildman–Crippen MR) is 333 cm³/mol.